The Morgan fingerprint density at radius 2 is 1.65 bits per heavy atom. The lowest BCUT2D eigenvalue weighted by Gasteiger charge is -2.06. The Balaban J connectivity index is 2.80. The van der Waals surface area contributed by atoms with Gasteiger partial charge >= 0.3 is 5.63 Å². The minimum atomic E-state index is -0.619. The van der Waals surface area contributed by atoms with E-state index in [4.69, 9.17) is 14.6 Å². The first-order chi connectivity index (χ1) is 8.19. The van der Waals surface area contributed by atoms with Crippen LogP contribution in [-0.4, -0.2) is 15.3 Å². The molecule has 0 saturated carbocycles. The van der Waals surface area contributed by atoms with Gasteiger partial charge in [0.25, 0.3) is 0 Å². The maximum atomic E-state index is 11.4. The molecular weight excluding hydrogens is 224 g/mol. The van der Waals surface area contributed by atoms with E-state index in [9.17, 15) is 9.90 Å². The van der Waals surface area contributed by atoms with Crippen molar-refractivity contribution in [1.29, 1.82) is 0 Å². The molecule has 0 amide bonds. The predicted molar refractivity (Wildman–Crippen MR) is 60.3 cm³/mol. The van der Waals surface area contributed by atoms with E-state index in [2.05, 4.69) is 0 Å². The zero-order chi connectivity index (χ0) is 12.4. The third-order valence-electron chi connectivity index (χ3n) is 2.56. The summed E-state index contributed by atoms with van der Waals surface area (Å²) in [6.07, 6.45) is 0. The van der Waals surface area contributed by atoms with Crippen molar-refractivity contribution in [2.45, 2.75) is 19.8 Å². The SMILES string of the molecule is O=c1oc2c(CO)cc(CO)cc2cc1CO. The lowest BCUT2D eigenvalue weighted by atomic mass is 10.1. The van der Waals surface area contributed by atoms with Crippen LogP contribution in [0, 0.1) is 0 Å². The van der Waals surface area contributed by atoms with Gasteiger partial charge in [0.05, 0.1) is 25.4 Å². The summed E-state index contributed by atoms with van der Waals surface area (Å²) in [6.45, 7) is -0.863. The Labute approximate surface area is 96.6 Å². The molecule has 5 nitrogen and oxygen atoms in total. The fraction of sp³-hybridized carbons (Fsp3) is 0.250. The van der Waals surface area contributed by atoms with E-state index in [1.165, 1.54) is 6.07 Å². The average molecular weight is 236 g/mol. The smallest absolute Gasteiger partial charge is 0.341 e. The third kappa shape index (κ3) is 2.08. The predicted octanol–water partition coefficient (Wildman–Crippen LogP) is 0.270. The third-order valence-corrected chi connectivity index (χ3v) is 2.56. The number of hydrogen-bond donors (Lipinski definition) is 3. The van der Waals surface area contributed by atoms with E-state index < -0.39 is 12.2 Å². The quantitative estimate of drug-likeness (QED) is 0.665. The van der Waals surface area contributed by atoms with Crippen molar-refractivity contribution in [2.75, 3.05) is 0 Å². The fourth-order valence-corrected chi connectivity index (χ4v) is 1.74. The highest BCUT2D eigenvalue weighted by atomic mass is 16.4. The zero-order valence-electron chi connectivity index (χ0n) is 9.01. The van der Waals surface area contributed by atoms with Crippen LogP contribution in [0.15, 0.2) is 27.4 Å². The molecule has 0 spiro atoms. The molecule has 0 unspecified atom stereocenters. The number of rotatable bonds is 3. The Kier molecular flexibility index (Phi) is 3.23. The van der Waals surface area contributed by atoms with Gasteiger partial charge in [-0.2, -0.15) is 0 Å². The minimum absolute atomic E-state index is 0.150. The van der Waals surface area contributed by atoms with E-state index in [1.807, 2.05) is 0 Å². The largest absolute Gasteiger partial charge is 0.422 e. The molecule has 0 atom stereocenters. The van der Waals surface area contributed by atoms with Crippen LogP contribution in [0.5, 0.6) is 0 Å². The first-order valence-corrected chi connectivity index (χ1v) is 5.10. The summed E-state index contributed by atoms with van der Waals surface area (Å²) in [5, 5.41) is 27.8. The van der Waals surface area contributed by atoms with Crippen LogP contribution in [0.25, 0.3) is 11.0 Å². The van der Waals surface area contributed by atoms with Crippen LogP contribution in [0.3, 0.4) is 0 Å². The van der Waals surface area contributed by atoms with Gasteiger partial charge in [-0.1, -0.05) is 0 Å². The molecule has 3 N–H and O–H groups in total. The van der Waals surface area contributed by atoms with Crippen LogP contribution in [0.1, 0.15) is 16.7 Å². The molecule has 5 heteroatoms. The van der Waals surface area contributed by atoms with Crippen molar-refractivity contribution in [1.82, 2.24) is 0 Å². The van der Waals surface area contributed by atoms with Gasteiger partial charge in [0.1, 0.15) is 5.58 Å². The number of fused-ring (bicyclic) bond motifs is 1. The molecule has 0 aliphatic rings. The molecule has 2 rings (SSSR count). The summed E-state index contributed by atoms with van der Waals surface area (Å²) in [6, 6.07) is 4.72. The van der Waals surface area contributed by atoms with Gasteiger partial charge in [0, 0.05) is 10.9 Å². The summed E-state index contributed by atoms with van der Waals surface area (Å²) < 4.78 is 5.05. The molecule has 0 radical (unpaired) electrons. The Bertz CT molecular complexity index is 600. The molecular formula is C12H12O5. The van der Waals surface area contributed by atoms with E-state index in [1.54, 1.807) is 12.1 Å². The average Bonchev–Trinajstić information content (AvgIpc) is 2.36. The van der Waals surface area contributed by atoms with E-state index in [0.29, 0.717) is 16.5 Å². The normalized spacial score (nSPS) is 11.0. The molecule has 1 heterocycles. The summed E-state index contributed by atoms with van der Waals surface area (Å²) >= 11 is 0. The van der Waals surface area contributed by atoms with Crippen LogP contribution in [0.4, 0.5) is 0 Å². The van der Waals surface area contributed by atoms with Crippen LogP contribution >= 0.6 is 0 Å². The van der Waals surface area contributed by atoms with Crippen molar-refractivity contribution in [2.24, 2.45) is 0 Å². The molecule has 0 fully saturated rings. The monoisotopic (exact) mass is 236 g/mol. The maximum Gasteiger partial charge on any atom is 0.341 e. The number of aliphatic hydroxyl groups is 3. The standard InChI is InChI=1S/C12H12O5/c13-4-7-1-8-3-10(6-15)12(16)17-11(8)9(2-7)5-14/h1-3,13-15H,4-6H2. The molecule has 17 heavy (non-hydrogen) atoms. The van der Waals surface area contributed by atoms with Gasteiger partial charge in [-0.25, -0.2) is 4.79 Å². The van der Waals surface area contributed by atoms with Gasteiger partial charge in [0.15, 0.2) is 0 Å². The summed E-state index contributed by atoms with van der Waals surface area (Å²) in [4.78, 5) is 11.4. The highest BCUT2D eigenvalue weighted by molar-refractivity contribution is 5.81. The second kappa shape index (κ2) is 4.67. The van der Waals surface area contributed by atoms with Gasteiger partial charge in [-0.15, -0.1) is 0 Å². The van der Waals surface area contributed by atoms with Crippen LogP contribution < -0.4 is 5.63 Å². The highest BCUT2D eigenvalue weighted by Gasteiger charge is 2.09. The second-order valence-corrected chi connectivity index (χ2v) is 3.71. The lowest BCUT2D eigenvalue weighted by molar-refractivity contribution is 0.272. The molecule has 0 saturated heterocycles. The Hall–Kier alpha value is -1.69. The molecule has 0 bridgehead atoms. The van der Waals surface area contributed by atoms with Gasteiger partial charge in [-0.05, 0) is 23.8 Å². The van der Waals surface area contributed by atoms with Crippen molar-refractivity contribution < 1.29 is 19.7 Å². The molecule has 0 aliphatic heterocycles. The zero-order valence-corrected chi connectivity index (χ0v) is 9.01. The summed E-state index contributed by atoms with van der Waals surface area (Å²) in [5.74, 6) is 0. The Morgan fingerprint density at radius 1 is 0.941 bits per heavy atom. The van der Waals surface area contributed by atoms with E-state index in [-0.39, 0.29) is 24.4 Å². The summed E-state index contributed by atoms with van der Waals surface area (Å²) in [5.41, 5.74) is 0.863. The molecule has 0 aliphatic carbocycles. The molecule has 1 aromatic carbocycles. The van der Waals surface area contributed by atoms with Gasteiger partial charge in [-0.3, -0.25) is 0 Å². The number of benzene rings is 1. The second-order valence-electron chi connectivity index (χ2n) is 3.71. The fourth-order valence-electron chi connectivity index (χ4n) is 1.74. The first kappa shape index (κ1) is 11.8. The van der Waals surface area contributed by atoms with Crippen LogP contribution in [-0.2, 0) is 19.8 Å². The molecule has 1 aromatic heterocycles. The van der Waals surface area contributed by atoms with Crippen molar-refractivity contribution in [3.05, 3.63) is 45.3 Å². The van der Waals surface area contributed by atoms with Gasteiger partial charge in [0.2, 0.25) is 0 Å². The maximum absolute atomic E-state index is 11.4. The number of hydrogen-bond acceptors (Lipinski definition) is 5. The van der Waals surface area contributed by atoms with E-state index in [0.717, 1.165) is 0 Å². The molecule has 2 aromatic rings. The highest BCUT2D eigenvalue weighted by Crippen LogP contribution is 2.21. The van der Waals surface area contributed by atoms with Crippen LogP contribution in [0.2, 0.25) is 0 Å². The minimum Gasteiger partial charge on any atom is -0.422 e. The van der Waals surface area contributed by atoms with Gasteiger partial charge < -0.3 is 19.7 Å². The number of aliphatic hydroxyl groups excluding tert-OH is 3. The van der Waals surface area contributed by atoms with Crippen molar-refractivity contribution in [3.8, 4) is 0 Å². The lowest BCUT2D eigenvalue weighted by Crippen LogP contribution is -2.07. The Morgan fingerprint density at radius 3 is 2.24 bits per heavy atom. The van der Waals surface area contributed by atoms with Crippen molar-refractivity contribution in [3.63, 3.8) is 0 Å². The molecule has 90 valence electrons. The van der Waals surface area contributed by atoms with E-state index >= 15 is 0 Å². The summed E-state index contributed by atoms with van der Waals surface area (Å²) in [7, 11) is 0. The first-order valence-electron chi connectivity index (χ1n) is 5.10. The topological polar surface area (TPSA) is 90.9 Å². The van der Waals surface area contributed by atoms with Crippen molar-refractivity contribution >= 4 is 11.0 Å².